The molecule has 14 heavy (non-hydrogen) atoms. The summed E-state index contributed by atoms with van der Waals surface area (Å²) in [5.41, 5.74) is 0. The van der Waals surface area contributed by atoms with Gasteiger partial charge < -0.3 is 9.69 Å². The lowest BCUT2D eigenvalue weighted by molar-refractivity contribution is -0.127. The second-order valence-electron chi connectivity index (χ2n) is 4.31. The molecule has 0 saturated carbocycles. The van der Waals surface area contributed by atoms with E-state index in [4.69, 9.17) is 0 Å². The molecule has 3 nitrogen and oxygen atoms in total. The molecule has 1 fully saturated rings. The number of amides is 1. The summed E-state index contributed by atoms with van der Waals surface area (Å²) in [5.74, 6) is 1.03. The van der Waals surface area contributed by atoms with Crippen LogP contribution >= 0.6 is 0 Å². The SMILES string of the molecule is CC(=O)CCCCN1CC(C)CC1=O. The van der Waals surface area contributed by atoms with Crippen molar-refractivity contribution in [3.05, 3.63) is 0 Å². The number of Topliss-reactive ketones (excluding diaryl/α,β-unsaturated/α-hetero) is 1. The summed E-state index contributed by atoms with van der Waals surface area (Å²) in [7, 11) is 0. The van der Waals surface area contributed by atoms with Crippen molar-refractivity contribution in [2.75, 3.05) is 13.1 Å². The summed E-state index contributed by atoms with van der Waals surface area (Å²) in [6, 6.07) is 0. The van der Waals surface area contributed by atoms with E-state index in [9.17, 15) is 9.59 Å². The fourth-order valence-electron chi connectivity index (χ4n) is 1.86. The standard InChI is InChI=1S/C11H19NO2/c1-9-7-11(14)12(8-9)6-4-3-5-10(2)13/h9H,3-8H2,1-2H3. The molecule has 1 aliphatic heterocycles. The highest BCUT2D eigenvalue weighted by molar-refractivity contribution is 5.78. The number of hydrogen-bond donors (Lipinski definition) is 0. The third-order valence-electron chi connectivity index (χ3n) is 2.61. The zero-order chi connectivity index (χ0) is 10.6. The van der Waals surface area contributed by atoms with Crippen LogP contribution < -0.4 is 0 Å². The largest absolute Gasteiger partial charge is 0.342 e. The molecule has 0 radical (unpaired) electrons. The summed E-state index contributed by atoms with van der Waals surface area (Å²) in [5, 5.41) is 0. The third-order valence-corrected chi connectivity index (χ3v) is 2.61. The number of hydrogen-bond acceptors (Lipinski definition) is 2. The number of nitrogens with zero attached hydrogens (tertiary/aromatic N) is 1. The van der Waals surface area contributed by atoms with E-state index < -0.39 is 0 Å². The van der Waals surface area contributed by atoms with Gasteiger partial charge in [-0.1, -0.05) is 6.92 Å². The molecule has 0 bridgehead atoms. The number of rotatable bonds is 5. The maximum absolute atomic E-state index is 11.4. The number of ketones is 1. The zero-order valence-electron chi connectivity index (χ0n) is 9.08. The van der Waals surface area contributed by atoms with E-state index in [1.54, 1.807) is 6.92 Å². The van der Waals surface area contributed by atoms with E-state index in [-0.39, 0.29) is 11.7 Å². The molecule has 0 aromatic carbocycles. The summed E-state index contributed by atoms with van der Waals surface area (Å²) < 4.78 is 0. The molecular formula is C11H19NO2. The van der Waals surface area contributed by atoms with Gasteiger partial charge in [0.15, 0.2) is 0 Å². The second-order valence-corrected chi connectivity index (χ2v) is 4.31. The highest BCUT2D eigenvalue weighted by Gasteiger charge is 2.25. The van der Waals surface area contributed by atoms with Gasteiger partial charge in [-0.3, -0.25) is 4.79 Å². The molecule has 1 atom stereocenters. The molecule has 0 spiro atoms. The first-order chi connectivity index (χ1) is 6.59. The van der Waals surface area contributed by atoms with Gasteiger partial charge in [-0.15, -0.1) is 0 Å². The van der Waals surface area contributed by atoms with Crippen LogP contribution in [0.2, 0.25) is 0 Å². The first-order valence-electron chi connectivity index (χ1n) is 5.37. The summed E-state index contributed by atoms with van der Waals surface area (Å²) in [4.78, 5) is 24.0. The Balaban J connectivity index is 2.13. The van der Waals surface area contributed by atoms with Crippen molar-refractivity contribution in [2.24, 2.45) is 5.92 Å². The van der Waals surface area contributed by atoms with Crippen LogP contribution in [0.25, 0.3) is 0 Å². The third kappa shape index (κ3) is 3.48. The lowest BCUT2D eigenvalue weighted by Gasteiger charge is -2.15. The van der Waals surface area contributed by atoms with Crippen molar-refractivity contribution in [1.29, 1.82) is 0 Å². The Morgan fingerprint density at radius 1 is 1.50 bits per heavy atom. The van der Waals surface area contributed by atoms with Gasteiger partial charge in [0.05, 0.1) is 0 Å². The van der Waals surface area contributed by atoms with E-state index >= 15 is 0 Å². The van der Waals surface area contributed by atoms with Gasteiger partial charge in [0, 0.05) is 25.9 Å². The lowest BCUT2D eigenvalue weighted by atomic mass is 10.2. The van der Waals surface area contributed by atoms with Crippen molar-refractivity contribution in [1.82, 2.24) is 4.90 Å². The Morgan fingerprint density at radius 2 is 2.21 bits per heavy atom. The summed E-state index contributed by atoms with van der Waals surface area (Å²) in [6.07, 6.45) is 3.22. The van der Waals surface area contributed by atoms with Gasteiger partial charge >= 0.3 is 0 Å². The van der Waals surface area contributed by atoms with Gasteiger partial charge in [0.25, 0.3) is 0 Å². The van der Waals surface area contributed by atoms with Crippen molar-refractivity contribution >= 4 is 11.7 Å². The van der Waals surface area contributed by atoms with Gasteiger partial charge in [-0.05, 0) is 25.7 Å². The summed E-state index contributed by atoms with van der Waals surface area (Å²) in [6.45, 7) is 5.45. The van der Waals surface area contributed by atoms with E-state index in [1.165, 1.54) is 0 Å². The van der Waals surface area contributed by atoms with E-state index in [2.05, 4.69) is 6.92 Å². The van der Waals surface area contributed by atoms with Crippen LogP contribution in [0, 0.1) is 5.92 Å². The van der Waals surface area contributed by atoms with Gasteiger partial charge in [0.1, 0.15) is 5.78 Å². The first kappa shape index (κ1) is 11.2. The number of unbranched alkanes of at least 4 members (excludes halogenated alkanes) is 1. The Bertz CT molecular complexity index is 225. The molecule has 80 valence electrons. The fraction of sp³-hybridized carbons (Fsp3) is 0.818. The topological polar surface area (TPSA) is 37.4 Å². The number of carbonyl (C=O) groups excluding carboxylic acids is 2. The van der Waals surface area contributed by atoms with Crippen LogP contribution in [-0.2, 0) is 9.59 Å². The minimum absolute atomic E-state index is 0.242. The molecule has 0 aromatic heterocycles. The highest BCUT2D eigenvalue weighted by Crippen LogP contribution is 2.17. The average molecular weight is 197 g/mol. The Morgan fingerprint density at radius 3 is 2.71 bits per heavy atom. The van der Waals surface area contributed by atoms with Crippen molar-refractivity contribution in [3.63, 3.8) is 0 Å². The molecule has 1 aliphatic rings. The lowest BCUT2D eigenvalue weighted by Crippen LogP contribution is -2.26. The predicted molar refractivity (Wildman–Crippen MR) is 54.9 cm³/mol. The van der Waals surface area contributed by atoms with Gasteiger partial charge in [0.2, 0.25) is 5.91 Å². The van der Waals surface area contributed by atoms with Gasteiger partial charge in [-0.25, -0.2) is 0 Å². The molecule has 1 heterocycles. The smallest absolute Gasteiger partial charge is 0.222 e. The predicted octanol–water partition coefficient (Wildman–Crippen LogP) is 1.61. The molecule has 1 amide bonds. The maximum Gasteiger partial charge on any atom is 0.222 e. The van der Waals surface area contributed by atoms with Crippen LogP contribution in [-0.4, -0.2) is 29.7 Å². The van der Waals surface area contributed by atoms with Gasteiger partial charge in [-0.2, -0.15) is 0 Å². The molecule has 3 heteroatoms. The molecule has 0 aliphatic carbocycles. The Labute approximate surface area is 85.5 Å². The van der Waals surface area contributed by atoms with Crippen molar-refractivity contribution < 1.29 is 9.59 Å². The minimum atomic E-state index is 0.242. The Kier molecular flexibility index (Phi) is 4.11. The average Bonchev–Trinajstić information content (AvgIpc) is 2.39. The number of carbonyl (C=O) groups is 2. The van der Waals surface area contributed by atoms with Crippen LogP contribution in [0.5, 0.6) is 0 Å². The van der Waals surface area contributed by atoms with Crippen LogP contribution in [0.3, 0.4) is 0 Å². The van der Waals surface area contributed by atoms with Crippen LogP contribution in [0.4, 0.5) is 0 Å². The number of likely N-dealkylation sites (tertiary alicyclic amines) is 1. The fourth-order valence-corrected chi connectivity index (χ4v) is 1.86. The van der Waals surface area contributed by atoms with Crippen molar-refractivity contribution in [2.45, 2.75) is 39.5 Å². The molecule has 0 N–H and O–H groups in total. The Hall–Kier alpha value is -0.860. The molecule has 0 aromatic rings. The van der Waals surface area contributed by atoms with Crippen LogP contribution in [0.1, 0.15) is 39.5 Å². The quantitative estimate of drug-likeness (QED) is 0.628. The summed E-state index contributed by atoms with van der Waals surface area (Å²) >= 11 is 0. The molecular weight excluding hydrogens is 178 g/mol. The van der Waals surface area contributed by atoms with E-state index in [0.717, 1.165) is 25.9 Å². The highest BCUT2D eigenvalue weighted by atomic mass is 16.2. The minimum Gasteiger partial charge on any atom is -0.342 e. The van der Waals surface area contributed by atoms with E-state index in [1.807, 2.05) is 4.90 Å². The zero-order valence-corrected chi connectivity index (χ0v) is 9.08. The van der Waals surface area contributed by atoms with E-state index in [0.29, 0.717) is 18.8 Å². The molecule has 1 unspecified atom stereocenters. The maximum atomic E-state index is 11.4. The molecule has 1 saturated heterocycles. The molecule has 1 rings (SSSR count). The first-order valence-corrected chi connectivity index (χ1v) is 5.37. The second kappa shape index (κ2) is 5.13. The monoisotopic (exact) mass is 197 g/mol. The van der Waals surface area contributed by atoms with Crippen LogP contribution in [0.15, 0.2) is 0 Å². The normalized spacial score (nSPS) is 21.7. The van der Waals surface area contributed by atoms with Crippen molar-refractivity contribution in [3.8, 4) is 0 Å².